The van der Waals surface area contributed by atoms with Crippen LogP contribution in [0.1, 0.15) is 30.5 Å². The number of amides is 1. The number of methoxy groups -OCH3 is 1. The van der Waals surface area contributed by atoms with E-state index in [0.717, 1.165) is 41.3 Å². The first-order valence-corrected chi connectivity index (χ1v) is 8.98. The van der Waals surface area contributed by atoms with Crippen LogP contribution in [0.5, 0.6) is 5.75 Å². The summed E-state index contributed by atoms with van der Waals surface area (Å²) in [5.41, 5.74) is 2.89. The summed E-state index contributed by atoms with van der Waals surface area (Å²) in [6, 6.07) is 6.10. The molecule has 2 aliphatic rings. The molecule has 0 radical (unpaired) electrons. The molecule has 0 N–H and O–H groups in total. The molecule has 0 bridgehead atoms. The molecule has 2 aliphatic heterocycles. The van der Waals surface area contributed by atoms with Crippen molar-refractivity contribution in [2.75, 3.05) is 20.3 Å². The molecule has 6 heteroatoms. The van der Waals surface area contributed by atoms with Crippen LogP contribution >= 0.6 is 0 Å². The second kappa shape index (κ2) is 6.86. The number of aryl methyl sites for hydroxylation is 1. The lowest BCUT2D eigenvalue weighted by atomic mass is 9.97. The quantitative estimate of drug-likeness (QED) is 0.851. The van der Waals surface area contributed by atoms with Gasteiger partial charge in [0.15, 0.2) is 0 Å². The summed E-state index contributed by atoms with van der Waals surface area (Å²) in [5.74, 6) is 1.88. The average Bonchev–Trinajstić information content (AvgIpc) is 3.08. The van der Waals surface area contributed by atoms with Gasteiger partial charge in [-0.2, -0.15) is 0 Å². The van der Waals surface area contributed by atoms with Gasteiger partial charge in [-0.05, 0) is 43.5 Å². The standard InChI is InChI=1S/C20H23N3O3/c1-14-12-22(13-21-14)16-7-6-15(10-18(16)25-2)11-19-17-4-3-5-20(24)23(17)8-9-26-19/h6-7,10-13,17H,3-5,8-9H2,1-2H3. The highest BCUT2D eigenvalue weighted by Gasteiger charge is 2.34. The molecule has 2 aromatic rings. The summed E-state index contributed by atoms with van der Waals surface area (Å²) in [6.45, 7) is 3.19. The number of imidazole rings is 1. The lowest BCUT2D eigenvalue weighted by molar-refractivity contribution is -0.139. The average molecular weight is 353 g/mol. The number of fused-ring (bicyclic) bond motifs is 1. The predicted molar refractivity (Wildman–Crippen MR) is 98.1 cm³/mol. The Labute approximate surface area is 153 Å². The second-order valence-electron chi connectivity index (χ2n) is 6.74. The molecular formula is C20H23N3O3. The van der Waals surface area contributed by atoms with Gasteiger partial charge in [-0.15, -0.1) is 0 Å². The molecular weight excluding hydrogens is 330 g/mol. The highest BCUT2D eigenvalue weighted by Crippen LogP contribution is 2.31. The Morgan fingerprint density at radius 3 is 3.04 bits per heavy atom. The van der Waals surface area contributed by atoms with Crippen molar-refractivity contribution in [2.24, 2.45) is 0 Å². The van der Waals surface area contributed by atoms with E-state index in [2.05, 4.69) is 4.98 Å². The fourth-order valence-corrected chi connectivity index (χ4v) is 3.71. The Balaban J connectivity index is 1.65. The van der Waals surface area contributed by atoms with Gasteiger partial charge in [-0.3, -0.25) is 4.79 Å². The molecule has 136 valence electrons. The van der Waals surface area contributed by atoms with E-state index >= 15 is 0 Å². The van der Waals surface area contributed by atoms with E-state index in [0.29, 0.717) is 19.6 Å². The zero-order chi connectivity index (χ0) is 18.1. The van der Waals surface area contributed by atoms with Crippen LogP contribution in [0.3, 0.4) is 0 Å². The van der Waals surface area contributed by atoms with Crippen molar-refractivity contribution in [1.29, 1.82) is 0 Å². The third-order valence-electron chi connectivity index (χ3n) is 5.00. The third-order valence-corrected chi connectivity index (χ3v) is 5.00. The van der Waals surface area contributed by atoms with Crippen molar-refractivity contribution in [3.05, 3.63) is 47.7 Å². The molecule has 1 amide bonds. The topological polar surface area (TPSA) is 56.6 Å². The molecule has 1 unspecified atom stereocenters. The van der Waals surface area contributed by atoms with E-state index in [9.17, 15) is 4.79 Å². The van der Waals surface area contributed by atoms with Gasteiger partial charge in [0.1, 0.15) is 18.1 Å². The van der Waals surface area contributed by atoms with E-state index in [1.807, 2.05) is 46.9 Å². The molecule has 2 saturated heterocycles. The number of nitrogens with zero attached hydrogens (tertiary/aromatic N) is 3. The summed E-state index contributed by atoms with van der Waals surface area (Å²) < 4.78 is 13.4. The van der Waals surface area contributed by atoms with E-state index in [1.54, 1.807) is 13.4 Å². The molecule has 0 spiro atoms. The van der Waals surface area contributed by atoms with Crippen LogP contribution in [0.15, 0.2) is 36.5 Å². The number of hydrogen-bond donors (Lipinski definition) is 0. The molecule has 1 aromatic carbocycles. The summed E-state index contributed by atoms with van der Waals surface area (Å²) in [4.78, 5) is 18.4. The first-order chi connectivity index (χ1) is 12.7. The monoisotopic (exact) mass is 353 g/mol. The number of aromatic nitrogens is 2. The Bertz CT molecular complexity index is 856. The van der Waals surface area contributed by atoms with Crippen LogP contribution in [-0.2, 0) is 9.53 Å². The van der Waals surface area contributed by atoms with E-state index < -0.39 is 0 Å². The van der Waals surface area contributed by atoms with Gasteiger partial charge in [0.25, 0.3) is 0 Å². The number of piperidine rings is 1. The number of hydrogen-bond acceptors (Lipinski definition) is 4. The van der Waals surface area contributed by atoms with Gasteiger partial charge in [0.2, 0.25) is 5.91 Å². The minimum absolute atomic E-state index is 0.0620. The zero-order valence-electron chi connectivity index (χ0n) is 15.1. The van der Waals surface area contributed by atoms with Gasteiger partial charge >= 0.3 is 0 Å². The second-order valence-corrected chi connectivity index (χ2v) is 6.74. The highest BCUT2D eigenvalue weighted by molar-refractivity contribution is 5.78. The van der Waals surface area contributed by atoms with Crippen molar-refractivity contribution >= 4 is 12.0 Å². The smallest absolute Gasteiger partial charge is 0.223 e. The molecule has 1 atom stereocenters. The van der Waals surface area contributed by atoms with E-state index in [4.69, 9.17) is 9.47 Å². The van der Waals surface area contributed by atoms with Crippen molar-refractivity contribution in [1.82, 2.24) is 14.5 Å². The Kier molecular flexibility index (Phi) is 4.41. The first kappa shape index (κ1) is 16.7. The minimum atomic E-state index is 0.0620. The van der Waals surface area contributed by atoms with Crippen LogP contribution < -0.4 is 4.74 Å². The molecule has 3 heterocycles. The fraction of sp³-hybridized carbons (Fsp3) is 0.400. The molecule has 0 saturated carbocycles. The SMILES string of the molecule is COc1cc(C=C2OCCN3C(=O)CCCC23)ccc1-n1cnc(C)c1. The summed E-state index contributed by atoms with van der Waals surface area (Å²) in [6.07, 6.45) is 8.30. The summed E-state index contributed by atoms with van der Waals surface area (Å²) in [5, 5.41) is 0. The van der Waals surface area contributed by atoms with Crippen molar-refractivity contribution in [3.8, 4) is 11.4 Å². The number of morpholine rings is 1. The maximum absolute atomic E-state index is 12.1. The molecule has 1 aromatic heterocycles. The Morgan fingerprint density at radius 1 is 1.38 bits per heavy atom. The van der Waals surface area contributed by atoms with Crippen molar-refractivity contribution in [2.45, 2.75) is 32.2 Å². The van der Waals surface area contributed by atoms with Gasteiger partial charge in [0.05, 0.1) is 37.4 Å². The maximum atomic E-state index is 12.1. The van der Waals surface area contributed by atoms with Gasteiger partial charge in [-0.1, -0.05) is 6.07 Å². The Hall–Kier alpha value is -2.76. The van der Waals surface area contributed by atoms with Crippen molar-refractivity contribution < 1.29 is 14.3 Å². The number of carbonyl (C=O) groups is 1. The fourth-order valence-electron chi connectivity index (χ4n) is 3.71. The number of benzene rings is 1. The van der Waals surface area contributed by atoms with Crippen LogP contribution in [-0.4, -0.2) is 46.7 Å². The van der Waals surface area contributed by atoms with Crippen LogP contribution in [0, 0.1) is 6.92 Å². The number of ether oxygens (including phenoxy) is 2. The largest absolute Gasteiger partial charge is 0.495 e. The van der Waals surface area contributed by atoms with Gasteiger partial charge in [-0.25, -0.2) is 4.98 Å². The predicted octanol–water partition coefficient (Wildman–Crippen LogP) is 2.94. The highest BCUT2D eigenvalue weighted by atomic mass is 16.5. The van der Waals surface area contributed by atoms with Gasteiger partial charge < -0.3 is 18.9 Å². The normalized spacial score (nSPS) is 21.5. The molecule has 6 nitrogen and oxygen atoms in total. The molecule has 0 aliphatic carbocycles. The van der Waals surface area contributed by atoms with Crippen LogP contribution in [0.25, 0.3) is 11.8 Å². The zero-order valence-corrected chi connectivity index (χ0v) is 15.1. The van der Waals surface area contributed by atoms with Gasteiger partial charge in [0, 0.05) is 12.6 Å². The summed E-state index contributed by atoms with van der Waals surface area (Å²) >= 11 is 0. The van der Waals surface area contributed by atoms with Crippen molar-refractivity contribution in [3.63, 3.8) is 0 Å². The number of rotatable bonds is 3. The van der Waals surface area contributed by atoms with E-state index in [1.165, 1.54) is 0 Å². The molecule has 4 rings (SSSR count). The van der Waals surface area contributed by atoms with Crippen LogP contribution in [0.4, 0.5) is 0 Å². The Morgan fingerprint density at radius 2 is 2.27 bits per heavy atom. The minimum Gasteiger partial charge on any atom is -0.495 e. The lowest BCUT2D eigenvalue weighted by Crippen LogP contribution is -2.49. The third kappa shape index (κ3) is 3.07. The maximum Gasteiger partial charge on any atom is 0.223 e. The molecule has 26 heavy (non-hydrogen) atoms. The number of carbonyl (C=O) groups excluding carboxylic acids is 1. The van der Waals surface area contributed by atoms with E-state index in [-0.39, 0.29) is 11.9 Å². The lowest BCUT2D eigenvalue weighted by Gasteiger charge is -2.40. The van der Waals surface area contributed by atoms with Crippen LogP contribution in [0.2, 0.25) is 0 Å². The first-order valence-electron chi connectivity index (χ1n) is 8.98. The summed E-state index contributed by atoms with van der Waals surface area (Å²) in [7, 11) is 1.66. The molecule has 2 fully saturated rings.